The van der Waals surface area contributed by atoms with Crippen LogP contribution in [0.2, 0.25) is 0 Å². The summed E-state index contributed by atoms with van der Waals surface area (Å²) in [6.07, 6.45) is 14.2. The van der Waals surface area contributed by atoms with Gasteiger partial charge >= 0.3 is 0 Å². The molecule has 2 rings (SSSR count). The molecule has 2 fully saturated rings. The summed E-state index contributed by atoms with van der Waals surface area (Å²) in [6.45, 7) is 7.60. The number of hydrogen-bond acceptors (Lipinski definition) is 2. The van der Waals surface area contributed by atoms with Crippen LogP contribution in [-0.2, 0) is 0 Å². The number of nitrogens with one attached hydrogen (secondary N) is 1. The fourth-order valence-electron chi connectivity index (χ4n) is 3.77. The number of hydrogen-bond donors (Lipinski definition) is 1. The van der Waals surface area contributed by atoms with Crippen LogP contribution < -0.4 is 5.32 Å². The molecule has 1 saturated carbocycles. The second kappa shape index (κ2) is 8.97. The lowest BCUT2D eigenvalue weighted by Crippen LogP contribution is -2.34. The number of nitrogens with zero attached hydrogens (tertiary/aromatic N) is 1. The van der Waals surface area contributed by atoms with E-state index in [0.29, 0.717) is 0 Å². The van der Waals surface area contributed by atoms with Gasteiger partial charge in [0.15, 0.2) is 0 Å². The summed E-state index contributed by atoms with van der Waals surface area (Å²) >= 11 is 0. The molecule has 19 heavy (non-hydrogen) atoms. The van der Waals surface area contributed by atoms with E-state index < -0.39 is 0 Å². The van der Waals surface area contributed by atoms with Gasteiger partial charge in [-0.1, -0.05) is 32.6 Å². The highest BCUT2D eigenvalue weighted by Crippen LogP contribution is 2.20. The Kier molecular flexibility index (Phi) is 7.23. The van der Waals surface area contributed by atoms with Gasteiger partial charge in [-0.3, -0.25) is 0 Å². The van der Waals surface area contributed by atoms with Gasteiger partial charge in [-0.2, -0.15) is 0 Å². The largest absolute Gasteiger partial charge is 0.314 e. The first-order valence-corrected chi connectivity index (χ1v) is 8.84. The van der Waals surface area contributed by atoms with Gasteiger partial charge in [-0.15, -0.1) is 0 Å². The zero-order valence-corrected chi connectivity index (χ0v) is 13.0. The molecule has 0 bridgehead atoms. The van der Waals surface area contributed by atoms with Gasteiger partial charge in [0.25, 0.3) is 0 Å². The van der Waals surface area contributed by atoms with Crippen LogP contribution in [0.5, 0.6) is 0 Å². The Morgan fingerprint density at radius 3 is 2.58 bits per heavy atom. The lowest BCUT2D eigenvalue weighted by molar-refractivity contribution is 0.270. The highest BCUT2D eigenvalue weighted by Gasteiger charge is 2.15. The first-order valence-electron chi connectivity index (χ1n) is 8.84. The maximum atomic E-state index is 3.77. The van der Waals surface area contributed by atoms with Gasteiger partial charge in [0.1, 0.15) is 0 Å². The quantitative estimate of drug-likeness (QED) is 0.735. The van der Waals surface area contributed by atoms with E-state index in [2.05, 4.69) is 17.1 Å². The SMILES string of the molecule is CCC1CCCN(CCCNC2CCCCC2)CC1. The number of likely N-dealkylation sites (tertiary alicyclic amines) is 1. The summed E-state index contributed by atoms with van der Waals surface area (Å²) in [5, 5.41) is 3.77. The van der Waals surface area contributed by atoms with Crippen molar-refractivity contribution >= 4 is 0 Å². The van der Waals surface area contributed by atoms with E-state index in [0.717, 1.165) is 12.0 Å². The highest BCUT2D eigenvalue weighted by molar-refractivity contribution is 4.73. The standard InChI is InChI=1S/C17H34N2/c1-2-16-8-6-13-19(15-11-16)14-7-12-18-17-9-4-3-5-10-17/h16-18H,2-15H2,1H3. The van der Waals surface area contributed by atoms with E-state index in [4.69, 9.17) is 0 Å². The molecule has 2 nitrogen and oxygen atoms in total. The molecule has 112 valence electrons. The monoisotopic (exact) mass is 266 g/mol. The van der Waals surface area contributed by atoms with E-state index in [1.807, 2.05) is 0 Å². The summed E-state index contributed by atoms with van der Waals surface area (Å²) in [5.74, 6) is 1.00. The fraction of sp³-hybridized carbons (Fsp3) is 1.00. The molecule has 1 aliphatic carbocycles. The van der Waals surface area contributed by atoms with Crippen LogP contribution in [-0.4, -0.2) is 37.1 Å². The average Bonchev–Trinajstić information content (AvgIpc) is 2.70. The van der Waals surface area contributed by atoms with Crippen molar-refractivity contribution in [2.24, 2.45) is 5.92 Å². The third-order valence-electron chi connectivity index (χ3n) is 5.21. The molecule has 1 N–H and O–H groups in total. The summed E-state index contributed by atoms with van der Waals surface area (Å²) in [5.41, 5.74) is 0. The summed E-state index contributed by atoms with van der Waals surface area (Å²) in [4.78, 5) is 2.71. The lowest BCUT2D eigenvalue weighted by Gasteiger charge is -2.24. The maximum absolute atomic E-state index is 3.77. The van der Waals surface area contributed by atoms with Gasteiger partial charge < -0.3 is 10.2 Å². The van der Waals surface area contributed by atoms with E-state index in [9.17, 15) is 0 Å². The van der Waals surface area contributed by atoms with Crippen LogP contribution in [0.3, 0.4) is 0 Å². The van der Waals surface area contributed by atoms with Crippen LogP contribution in [0.4, 0.5) is 0 Å². The van der Waals surface area contributed by atoms with Gasteiger partial charge in [0, 0.05) is 6.04 Å². The first kappa shape index (κ1) is 15.3. The van der Waals surface area contributed by atoms with Crippen LogP contribution in [0.25, 0.3) is 0 Å². The van der Waals surface area contributed by atoms with Crippen LogP contribution in [0, 0.1) is 5.92 Å². The van der Waals surface area contributed by atoms with Crippen LogP contribution in [0.1, 0.15) is 71.1 Å². The molecule has 1 aliphatic heterocycles. The summed E-state index contributed by atoms with van der Waals surface area (Å²) < 4.78 is 0. The molecule has 0 aromatic rings. The van der Waals surface area contributed by atoms with Crippen molar-refractivity contribution in [1.29, 1.82) is 0 Å². The molecule has 2 heteroatoms. The topological polar surface area (TPSA) is 15.3 Å². The molecule has 0 amide bonds. The third-order valence-corrected chi connectivity index (χ3v) is 5.21. The minimum Gasteiger partial charge on any atom is -0.314 e. The molecule has 0 aromatic carbocycles. The van der Waals surface area contributed by atoms with E-state index in [-0.39, 0.29) is 0 Å². The zero-order chi connectivity index (χ0) is 13.3. The van der Waals surface area contributed by atoms with Crippen molar-refractivity contribution in [2.75, 3.05) is 26.2 Å². The predicted molar refractivity (Wildman–Crippen MR) is 83.6 cm³/mol. The van der Waals surface area contributed by atoms with Gasteiger partial charge in [-0.25, -0.2) is 0 Å². The Labute approximate surface area is 120 Å². The second-order valence-electron chi connectivity index (χ2n) is 6.69. The molecule has 0 spiro atoms. The molecule has 0 aromatic heterocycles. The Morgan fingerprint density at radius 2 is 1.79 bits per heavy atom. The van der Waals surface area contributed by atoms with Crippen molar-refractivity contribution in [2.45, 2.75) is 77.2 Å². The molecule has 1 saturated heterocycles. The van der Waals surface area contributed by atoms with E-state index in [1.165, 1.54) is 90.4 Å². The Bertz CT molecular complexity index is 223. The highest BCUT2D eigenvalue weighted by atomic mass is 15.1. The molecule has 2 aliphatic rings. The smallest absolute Gasteiger partial charge is 0.00670 e. The zero-order valence-electron chi connectivity index (χ0n) is 13.0. The Hall–Kier alpha value is -0.0800. The van der Waals surface area contributed by atoms with Crippen LogP contribution in [0.15, 0.2) is 0 Å². The third kappa shape index (κ3) is 5.83. The van der Waals surface area contributed by atoms with Crippen LogP contribution >= 0.6 is 0 Å². The second-order valence-corrected chi connectivity index (χ2v) is 6.69. The van der Waals surface area contributed by atoms with Gasteiger partial charge in [0.05, 0.1) is 0 Å². The minimum atomic E-state index is 0.836. The normalized spacial score (nSPS) is 27.3. The van der Waals surface area contributed by atoms with Crippen molar-refractivity contribution < 1.29 is 0 Å². The maximum Gasteiger partial charge on any atom is 0.00670 e. The molecule has 0 radical (unpaired) electrons. The number of rotatable bonds is 6. The summed E-state index contributed by atoms with van der Waals surface area (Å²) in [7, 11) is 0. The Morgan fingerprint density at radius 1 is 0.947 bits per heavy atom. The average molecular weight is 266 g/mol. The molecular weight excluding hydrogens is 232 g/mol. The van der Waals surface area contributed by atoms with Gasteiger partial charge in [-0.05, 0) is 70.6 Å². The van der Waals surface area contributed by atoms with E-state index in [1.54, 1.807) is 0 Å². The van der Waals surface area contributed by atoms with Crippen molar-refractivity contribution in [3.8, 4) is 0 Å². The fourth-order valence-corrected chi connectivity index (χ4v) is 3.77. The first-order chi connectivity index (χ1) is 9.38. The van der Waals surface area contributed by atoms with E-state index >= 15 is 0 Å². The Balaban J connectivity index is 1.52. The van der Waals surface area contributed by atoms with Gasteiger partial charge in [0.2, 0.25) is 0 Å². The molecular formula is C17H34N2. The summed E-state index contributed by atoms with van der Waals surface area (Å²) in [6, 6.07) is 0.836. The predicted octanol–water partition coefficient (Wildman–Crippen LogP) is 3.81. The van der Waals surface area contributed by atoms with Crippen molar-refractivity contribution in [1.82, 2.24) is 10.2 Å². The lowest BCUT2D eigenvalue weighted by atomic mass is 9.95. The van der Waals surface area contributed by atoms with Crippen molar-refractivity contribution in [3.63, 3.8) is 0 Å². The van der Waals surface area contributed by atoms with Crippen molar-refractivity contribution in [3.05, 3.63) is 0 Å². The minimum absolute atomic E-state index is 0.836. The molecule has 1 atom stereocenters. The molecule has 1 unspecified atom stereocenters. The molecule has 1 heterocycles.